The van der Waals surface area contributed by atoms with Crippen LogP contribution < -0.4 is 10.1 Å². The van der Waals surface area contributed by atoms with Crippen LogP contribution in [0.4, 0.5) is 0 Å². The molecule has 0 radical (unpaired) electrons. The van der Waals surface area contributed by atoms with Gasteiger partial charge in [0.05, 0.1) is 6.04 Å². The molecule has 0 aliphatic heterocycles. The number of rotatable bonds is 6. The average molecular weight is 351 g/mol. The second-order valence-electron chi connectivity index (χ2n) is 7.24. The molecule has 0 spiro atoms. The molecule has 1 amide bonds. The Morgan fingerprint density at radius 3 is 2.58 bits per heavy atom. The highest BCUT2D eigenvalue weighted by atomic mass is 16.5. The third-order valence-corrected chi connectivity index (χ3v) is 5.28. The molecule has 26 heavy (non-hydrogen) atoms. The molecule has 0 bridgehead atoms. The summed E-state index contributed by atoms with van der Waals surface area (Å²) in [5.74, 6) is 0.747. The van der Waals surface area contributed by atoms with Crippen molar-refractivity contribution in [3.63, 3.8) is 0 Å². The Kier molecular flexibility index (Phi) is 5.97. The Balaban J connectivity index is 1.66. The number of fused-ring (bicyclic) bond motifs is 1. The minimum Gasteiger partial charge on any atom is -0.481 e. The fourth-order valence-corrected chi connectivity index (χ4v) is 3.73. The van der Waals surface area contributed by atoms with Gasteiger partial charge in [0.25, 0.3) is 5.91 Å². The van der Waals surface area contributed by atoms with Crippen molar-refractivity contribution in [3.8, 4) is 5.75 Å². The van der Waals surface area contributed by atoms with Crippen molar-refractivity contribution in [1.82, 2.24) is 5.32 Å². The lowest BCUT2D eigenvalue weighted by Gasteiger charge is -2.23. The molecule has 0 heterocycles. The van der Waals surface area contributed by atoms with E-state index in [0.29, 0.717) is 6.42 Å². The molecule has 1 N–H and O–H groups in total. The highest BCUT2D eigenvalue weighted by molar-refractivity contribution is 5.81. The SMILES string of the molecule is CCC(Oc1ccc2c(c1)CCCC2)C(=O)NC(C)c1ccccc1C. The van der Waals surface area contributed by atoms with Crippen LogP contribution in [0.15, 0.2) is 42.5 Å². The molecule has 3 nitrogen and oxygen atoms in total. The van der Waals surface area contributed by atoms with E-state index < -0.39 is 6.10 Å². The molecule has 2 unspecified atom stereocenters. The van der Waals surface area contributed by atoms with Gasteiger partial charge in [0.2, 0.25) is 0 Å². The van der Waals surface area contributed by atoms with Gasteiger partial charge in [-0.05, 0) is 80.3 Å². The van der Waals surface area contributed by atoms with Crippen LogP contribution in [0.3, 0.4) is 0 Å². The van der Waals surface area contributed by atoms with E-state index in [1.165, 1.54) is 29.5 Å². The van der Waals surface area contributed by atoms with Crippen molar-refractivity contribution in [2.24, 2.45) is 0 Å². The van der Waals surface area contributed by atoms with E-state index in [0.717, 1.165) is 24.2 Å². The van der Waals surface area contributed by atoms with Gasteiger partial charge in [-0.3, -0.25) is 4.79 Å². The van der Waals surface area contributed by atoms with E-state index in [1.807, 2.05) is 32.0 Å². The zero-order chi connectivity index (χ0) is 18.5. The third-order valence-electron chi connectivity index (χ3n) is 5.28. The minimum atomic E-state index is -0.469. The zero-order valence-electron chi connectivity index (χ0n) is 16.0. The predicted molar refractivity (Wildman–Crippen MR) is 106 cm³/mol. The van der Waals surface area contributed by atoms with Crippen LogP contribution in [0.2, 0.25) is 0 Å². The number of hydrogen-bond acceptors (Lipinski definition) is 2. The predicted octanol–water partition coefficient (Wildman–Crippen LogP) is 4.91. The van der Waals surface area contributed by atoms with Crippen LogP contribution in [0, 0.1) is 6.92 Å². The van der Waals surface area contributed by atoms with Crippen LogP contribution in [-0.4, -0.2) is 12.0 Å². The number of carbonyl (C=O) groups is 1. The first-order chi connectivity index (χ1) is 12.6. The second-order valence-corrected chi connectivity index (χ2v) is 7.24. The molecule has 1 aliphatic rings. The highest BCUT2D eigenvalue weighted by Crippen LogP contribution is 2.26. The summed E-state index contributed by atoms with van der Waals surface area (Å²) in [6, 6.07) is 14.4. The van der Waals surface area contributed by atoms with Gasteiger partial charge in [-0.2, -0.15) is 0 Å². The fraction of sp³-hybridized carbons (Fsp3) is 0.435. The van der Waals surface area contributed by atoms with E-state index in [9.17, 15) is 4.79 Å². The van der Waals surface area contributed by atoms with Crippen molar-refractivity contribution >= 4 is 5.91 Å². The Morgan fingerprint density at radius 1 is 1.12 bits per heavy atom. The summed E-state index contributed by atoms with van der Waals surface area (Å²) in [6.07, 6.45) is 4.94. The van der Waals surface area contributed by atoms with E-state index in [-0.39, 0.29) is 11.9 Å². The van der Waals surface area contributed by atoms with Gasteiger partial charge < -0.3 is 10.1 Å². The number of hydrogen-bond donors (Lipinski definition) is 1. The van der Waals surface area contributed by atoms with Crippen molar-refractivity contribution in [2.75, 3.05) is 0 Å². The molecule has 0 aromatic heterocycles. The maximum atomic E-state index is 12.7. The first kappa shape index (κ1) is 18.5. The van der Waals surface area contributed by atoms with E-state index in [1.54, 1.807) is 0 Å². The summed E-state index contributed by atoms with van der Waals surface area (Å²) in [5.41, 5.74) is 5.13. The van der Waals surface area contributed by atoms with Gasteiger partial charge >= 0.3 is 0 Å². The minimum absolute atomic E-state index is 0.0371. The molecule has 3 rings (SSSR count). The van der Waals surface area contributed by atoms with Crippen molar-refractivity contribution in [1.29, 1.82) is 0 Å². The molecule has 2 aromatic rings. The monoisotopic (exact) mass is 351 g/mol. The second kappa shape index (κ2) is 8.39. The molecule has 3 heteroatoms. The molecule has 0 saturated carbocycles. The molecule has 2 atom stereocenters. The van der Waals surface area contributed by atoms with Gasteiger partial charge in [0, 0.05) is 0 Å². The fourth-order valence-electron chi connectivity index (χ4n) is 3.73. The average Bonchev–Trinajstić information content (AvgIpc) is 2.66. The number of amides is 1. The van der Waals surface area contributed by atoms with Gasteiger partial charge in [-0.15, -0.1) is 0 Å². The van der Waals surface area contributed by atoms with Crippen molar-refractivity contribution < 1.29 is 9.53 Å². The van der Waals surface area contributed by atoms with Crippen LogP contribution in [-0.2, 0) is 17.6 Å². The maximum Gasteiger partial charge on any atom is 0.261 e. The Hall–Kier alpha value is -2.29. The van der Waals surface area contributed by atoms with Gasteiger partial charge in [-0.25, -0.2) is 0 Å². The number of ether oxygens (including phenoxy) is 1. The first-order valence-corrected chi connectivity index (χ1v) is 9.73. The standard InChI is InChI=1S/C23H29NO2/c1-4-22(23(25)24-17(3)21-12-8-5-9-16(21)2)26-20-14-13-18-10-6-7-11-19(18)15-20/h5,8-9,12-15,17,22H,4,6-7,10-11H2,1-3H3,(H,24,25). The lowest BCUT2D eigenvalue weighted by atomic mass is 9.92. The Bertz CT molecular complexity index is 769. The van der Waals surface area contributed by atoms with Gasteiger partial charge in [-0.1, -0.05) is 37.3 Å². The normalized spacial score (nSPS) is 15.7. The lowest BCUT2D eigenvalue weighted by molar-refractivity contribution is -0.128. The summed E-state index contributed by atoms with van der Waals surface area (Å²) >= 11 is 0. The summed E-state index contributed by atoms with van der Waals surface area (Å²) in [6.45, 7) is 6.08. The van der Waals surface area contributed by atoms with E-state index >= 15 is 0 Å². The highest BCUT2D eigenvalue weighted by Gasteiger charge is 2.22. The number of aryl methyl sites for hydroxylation is 3. The number of benzene rings is 2. The maximum absolute atomic E-state index is 12.7. The van der Waals surface area contributed by atoms with Crippen LogP contribution in [0.5, 0.6) is 5.75 Å². The number of carbonyl (C=O) groups excluding carboxylic acids is 1. The summed E-state index contributed by atoms with van der Waals surface area (Å²) in [7, 11) is 0. The zero-order valence-corrected chi connectivity index (χ0v) is 16.0. The molecule has 1 aliphatic carbocycles. The van der Waals surface area contributed by atoms with Crippen LogP contribution in [0.1, 0.15) is 61.4 Å². The largest absolute Gasteiger partial charge is 0.481 e. The quantitative estimate of drug-likeness (QED) is 0.803. The first-order valence-electron chi connectivity index (χ1n) is 9.73. The molecular weight excluding hydrogens is 322 g/mol. The topological polar surface area (TPSA) is 38.3 Å². The molecule has 0 fully saturated rings. The summed E-state index contributed by atoms with van der Waals surface area (Å²) in [5, 5.41) is 3.11. The summed E-state index contributed by atoms with van der Waals surface area (Å²) < 4.78 is 6.05. The number of nitrogens with one attached hydrogen (secondary N) is 1. The molecule has 2 aromatic carbocycles. The Labute approximate surface area is 156 Å². The molecule has 138 valence electrons. The molecule has 0 saturated heterocycles. The van der Waals surface area contributed by atoms with E-state index in [2.05, 4.69) is 36.5 Å². The molecular formula is C23H29NO2. The van der Waals surface area contributed by atoms with Crippen LogP contribution >= 0.6 is 0 Å². The summed E-state index contributed by atoms with van der Waals surface area (Å²) in [4.78, 5) is 12.7. The lowest BCUT2D eigenvalue weighted by Crippen LogP contribution is -2.39. The van der Waals surface area contributed by atoms with E-state index in [4.69, 9.17) is 4.74 Å². The van der Waals surface area contributed by atoms with Crippen molar-refractivity contribution in [3.05, 3.63) is 64.7 Å². The Morgan fingerprint density at radius 2 is 1.85 bits per heavy atom. The van der Waals surface area contributed by atoms with Gasteiger partial charge in [0.15, 0.2) is 6.10 Å². The smallest absolute Gasteiger partial charge is 0.261 e. The third kappa shape index (κ3) is 4.27. The van der Waals surface area contributed by atoms with Gasteiger partial charge in [0.1, 0.15) is 5.75 Å². The van der Waals surface area contributed by atoms with Crippen LogP contribution in [0.25, 0.3) is 0 Å². The van der Waals surface area contributed by atoms with Crippen molar-refractivity contribution in [2.45, 2.75) is 65.0 Å².